The Balaban J connectivity index is 2.81. The Labute approximate surface area is 37.1 Å². The Morgan fingerprint density at radius 3 is 2.17 bits per heavy atom. The Kier molecular flexibility index (Phi) is 2.94. The molecule has 0 aliphatic rings. The molecule has 0 spiro atoms. The molecule has 0 radical (unpaired) electrons. The highest BCUT2D eigenvalue weighted by atomic mass is 31.2. The predicted molar refractivity (Wildman–Crippen MR) is 25.9 cm³/mol. The van der Waals surface area contributed by atoms with Crippen molar-refractivity contribution >= 4 is 15.2 Å². The second-order valence-electron chi connectivity index (χ2n) is 0.571. The summed E-state index contributed by atoms with van der Waals surface area (Å²) in [6.45, 7) is 2.98. The maximum atomic E-state index is 4.89. The first-order valence-corrected chi connectivity index (χ1v) is 2.60. The van der Waals surface area contributed by atoms with Crippen LogP contribution in [0.1, 0.15) is 0 Å². The minimum absolute atomic E-state index is 1.33. The third kappa shape index (κ3) is 3.82. The lowest BCUT2D eigenvalue weighted by molar-refractivity contribution is 0.386. The normalized spacial score (nSPS) is 8.50. The molecule has 0 heterocycles. The van der Waals surface area contributed by atoms with Crippen molar-refractivity contribution in [1.29, 1.82) is 0 Å². The lowest BCUT2D eigenvalue weighted by Gasteiger charge is -1.95. The number of nitrogens with zero attached hydrogens (tertiary/aromatic N) is 1. The zero-order valence-corrected chi connectivity index (χ0v) is 4.06. The fourth-order valence-electron chi connectivity index (χ4n) is 0.0667. The van der Waals surface area contributed by atoms with Crippen LogP contribution in [-0.2, 0) is 4.62 Å². The minimum atomic E-state index is -1.33. The Morgan fingerprint density at radius 1 is 1.67 bits per heavy atom. The van der Waals surface area contributed by atoms with Crippen LogP contribution in [0.5, 0.6) is 0 Å². The summed E-state index contributed by atoms with van der Waals surface area (Å²) >= 11 is 0. The van der Waals surface area contributed by atoms with Crippen LogP contribution in [0, 0.1) is 0 Å². The van der Waals surface area contributed by atoms with Gasteiger partial charge in [0.1, 0.15) is 0 Å². The predicted octanol–water partition coefficient (Wildman–Crippen LogP) is -0.237. The van der Waals surface area contributed by atoms with Gasteiger partial charge in [0.05, 0.1) is 0 Å². The average molecular weight is 107 g/mol. The first kappa shape index (κ1) is 5.82. The summed E-state index contributed by atoms with van der Waals surface area (Å²) in [6, 6.07) is 0. The average Bonchev–Trinajstić information content (AvgIpc) is 1.35. The van der Waals surface area contributed by atoms with Gasteiger partial charge in [0, 0.05) is 6.72 Å². The zero-order valence-electron chi connectivity index (χ0n) is 3.16. The first-order valence-electron chi connectivity index (χ1n) is 1.20. The van der Waals surface area contributed by atoms with Gasteiger partial charge in [-0.15, -0.1) is 0 Å². The maximum absolute atomic E-state index is 4.89. The van der Waals surface area contributed by atoms with E-state index in [9.17, 15) is 0 Å². The molecule has 0 rings (SSSR count). The lowest BCUT2D eigenvalue weighted by atomic mass is 11.8. The molecule has 36 valence electrons. The molecule has 5 heteroatoms. The largest absolute Gasteiger partial charge is 0.344 e. The van der Waals surface area contributed by atoms with E-state index in [0.717, 1.165) is 0 Å². The Bertz CT molecular complexity index is 46.1. The number of hydrogen-bond acceptors (Lipinski definition) is 4. The van der Waals surface area contributed by atoms with Gasteiger partial charge in [-0.1, -0.05) is 5.16 Å². The molecule has 0 aromatic carbocycles. The van der Waals surface area contributed by atoms with E-state index in [1.165, 1.54) is 0 Å². The second-order valence-corrected chi connectivity index (χ2v) is 1.45. The van der Waals surface area contributed by atoms with Gasteiger partial charge in [-0.25, -0.2) is 0 Å². The van der Waals surface area contributed by atoms with Gasteiger partial charge in [-0.05, 0) is 0 Å². The molecule has 0 aromatic heterocycles. The van der Waals surface area contributed by atoms with Crippen LogP contribution in [0.15, 0.2) is 5.16 Å². The van der Waals surface area contributed by atoms with E-state index in [0.29, 0.717) is 0 Å². The van der Waals surface area contributed by atoms with Crippen molar-refractivity contribution in [3.63, 3.8) is 0 Å². The van der Waals surface area contributed by atoms with Crippen molar-refractivity contribution in [2.24, 2.45) is 16.2 Å². The van der Waals surface area contributed by atoms with Gasteiger partial charge >= 0.3 is 0 Å². The summed E-state index contributed by atoms with van der Waals surface area (Å²) in [6.07, 6.45) is 0. The third-order valence-electron chi connectivity index (χ3n) is 0.152. The van der Waals surface area contributed by atoms with Gasteiger partial charge in [-0.3, -0.25) is 11.0 Å². The molecule has 0 aliphatic heterocycles. The number of rotatable bonds is 2. The summed E-state index contributed by atoms with van der Waals surface area (Å²) in [4.78, 5) is 0. The maximum Gasteiger partial charge on any atom is 0.267 e. The summed E-state index contributed by atoms with van der Waals surface area (Å²) in [5, 5.41) is 2.96. The topological polar surface area (TPSA) is 73.6 Å². The van der Waals surface area contributed by atoms with Gasteiger partial charge in [0.15, 0.2) is 0 Å². The third-order valence-corrected chi connectivity index (χ3v) is 0.456. The molecule has 0 saturated heterocycles. The van der Waals surface area contributed by atoms with E-state index >= 15 is 0 Å². The van der Waals surface area contributed by atoms with Crippen molar-refractivity contribution in [2.45, 2.75) is 0 Å². The van der Waals surface area contributed by atoms with Crippen molar-refractivity contribution in [3.05, 3.63) is 0 Å². The highest BCUT2D eigenvalue weighted by Gasteiger charge is 1.85. The number of nitrogens with two attached hydrogens (primary N) is 2. The first-order chi connectivity index (χ1) is 2.77. The lowest BCUT2D eigenvalue weighted by Crippen LogP contribution is -1.97. The Hall–Kier alpha value is -0.180. The van der Waals surface area contributed by atoms with E-state index in [-0.39, 0.29) is 0 Å². The van der Waals surface area contributed by atoms with Crippen LogP contribution in [0.25, 0.3) is 0 Å². The fraction of sp³-hybridized carbons (Fsp3) is 0. The monoisotopic (exact) mass is 107 g/mol. The highest BCUT2D eigenvalue weighted by Crippen LogP contribution is 2.12. The molecule has 6 heavy (non-hydrogen) atoms. The van der Waals surface area contributed by atoms with Crippen LogP contribution < -0.4 is 11.0 Å². The van der Waals surface area contributed by atoms with E-state index in [2.05, 4.69) is 16.5 Å². The van der Waals surface area contributed by atoms with Crippen LogP contribution in [0.2, 0.25) is 0 Å². The summed E-state index contributed by atoms with van der Waals surface area (Å²) in [5.74, 6) is 0. The summed E-state index contributed by atoms with van der Waals surface area (Å²) < 4.78 is 4.18. The van der Waals surface area contributed by atoms with Crippen LogP contribution in [-0.4, -0.2) is 6.72 Å². The van der Waals surface area contributed by atoms with E-state index in [1.807, 2.05) is 0 Å². The molecule has 0 atom stereocenters. The smallest absolute Gasteiger partial charge is 0.267 e. The number of oxime groups is 1. The molecule has 0 aliphatic carbocycles. The second kappa shape index (κ2) is 3.03. The van der Waals surface area contributed by atoms with Crippen molar-refractivity contribution in [2.75, 3.05) is 0 Å². The molecule has 0 fully saturated rings. The van der Waals surface area contributed by atoms with Crippen molar-refractivity contribution in [1.82, 2.24) is 0 Å². The van der Waals surface area contributed by atoms with Gasteiger partial charge in [0.25, 0.3) is 8.45 Å². The summed E-state index contributed by atoms with van der Waals surface area (Å²) in [7, 11) is -1.33. The van der Waals surface area contributed by atoms with Crippen LogP contribution in [0.3, 0.4) is 0 Å². The van der Waals surface area contributed by atoms with Gasteiger partial charge in [-0.2, -0.15) is 0 Å². The molecule has 4 nitrogen and oxygen atoms in total. The SMILES string of the molecule is C=NOP(N)N. The summed E-state index contributed by atoms with van der Waals surface area (Å²) in [5.41, 5.74) is 9.78. The molecule has 0 unspecified atom stereocenters. The quantitative estimate of drug-likeness (QED) is 0.290. The van der Waals surface area contributed by atoms with Crippen molar-refractivity contribution < 1.29 is 4.62 Å². The van der Waals surface area contributed by atoms with Crippen molar-refractivity contribution in [3.8, 4) is 0 Å². The zero-order chi connectivity index (χ0) is 4.99. The van der Waals surface area contributed by atoms with Crippen LogP contribution in [0.4, 0.5) is 0 Å². The van der Waals surface area contributed by atoms with Crippen LogP contribution >= 0.6 is 8.45 Å². The number of hydrogen-bond donors (Lipinski definition) is 2. The van der Waals surface area contributed by atoms with E-state index in [4.69, 9.17) is 11.0 Å². The Morgan fingerprint density at radius 2 is 2.17 bits per heavy atom. The standard InChI is InChI=1S/CH6N3OP/c1-4-5-6(2)3/h1-3H2. The minimum Gasteiger partial charge on any atom is -0.344 e. The molecule has 0 amide bonds. The molecule has 0 bridgehead atoms. The molecule has 4 N–H and O–H groups in total. The molecular formula is CH6N3OP. The molecule has 0 saturated carbocycles. The van der Waals surface area contributed by atoms with E-state index < -0.39 is 8.45 Å². The highest BCUT2D eigenvalue weighted by molar-refractivity contribution is 7.47. The molecule has 0 aromatic rings. The van der Waals surface area contributed by atoms with Gasteiger partial charge in [0.2, 0.25) is 0 Å². The fourth-order valence-corrected chi connectivity index (χ4v) is 0.200. The van der Waals surface area contributed by atoms with Gasteiger partial charge < -0.3 is 4.62 Å². The molecular weight excluding hydrogens is 101 g/mol. The van der Waals surface area contributed by atoms with E-state index in [1.54, 1.807) is 0 Å².